The van der Waals surface area contributed by atoms with E-state index in [0.29, 0.717) is 22.4 Å². The van der Waals surface area contributed by atoms with Gasteiger partial charge in [0.25, 0.3) is 5.91 Å². The zero-order valence-electron chi connectivity index (χ0n) is 19.6. The molecule has 2 N–H and O–H groups in total. The Kier molecular flexibility index (Phi) is 10.7. The Balaban J connectivity index is 1.52. The fourth-order valence-electron chi connectivity index (χ4n) is 3.28. The molecule has 3 rings (SSSR count). The predicted octanol–water partition coefficient (Wildman–Crippen LogP) is 4.08. The van der Waals surface area contributed by atoms with E-state index in [1.807, 2.05) is 30.3 Å². The van der Waals surface area contributed by atoms with Gasteiger partial charge in [-0.1, -0.05) is 53.5 Å². The summed E-state index contributed by atoms with van der Waals surface area (Å²) in [6.07, 6.45) is 0.846. The minimum Gasteiger partial charge on any atom is -0.383 e. The standard InChI is InChI=1S/C25H26Cl2N4O4S/c1-35-12-11-31(24(34)20-8-7-18(26)13-21(20)27)15-23(33)30-25-29-19(16-36-25)14-22(32)28-10-9-17-5-3-2-4-6-17/h2-8,13,16H,9-12,14-15H2,1H3,(H,28,32)(H,29,30,33). The lowest BCUT2D eigenvalue weighted by Crippen LogP contribution is -2.40. The van der Waals surface area contributed by atoms with Gasteiger partial charge in [-0.05, 0) is 30.2 Å². The molecule has 0 bridgehead atoms. The maximum Gasteiger partial charge on any atom is 0.255 e. The van der Waals surface area contributed by atoms with Crippen LogP contribution in [0.25, 0.3) is 0 Å². The molecule has 0 fully saturated rings. The van der Waals surface area contributed by atoms with E-state index in [1.165, 1.54) is 35.5 Å². The largest absolute Gasteiger partial charge is 0.383 e. The van der Waals surface area contributed by atoms with Crippen LogP contribution in [0.4, 0.5) is 5.13 Å². The number of aromatic nitrogens is 1. The highest BCUT2D eigenvalue weighted by atomic mass is 35.5. The Morgan fingerprint density at radius 3 is 2.58 bits per heavy atom. The number of nitrogens with one attached hydrogen (secondary N) is 2. The lowest BCUT2D eigenvalue weighted by molar-refractivity contribution is -0.120. The number of carbonyl (C=O) groups excluding carboxylic acids is 3. The summed E-state index contributed by atoms with van der Waals surface area (Å²) in [4.78, 5) is 43.5. The fourth-order valence-corrected chi connectivity index (χ4v) is 4.50. The molecule has 0 atom stereocenters. The topological polar surface area (TPSA) is 101 Å². The van der Waals surface area contributed by atoms with Crippen molar-refractivity contribution in [2.75, 3.05) is 38.7 Å². The molecule has 3 aromatic rings. The number of thiazole rings is 1. The molecule has 0 radical (unpaired) electrons. The number of benzene rings is 2. The van der Waals surface area contributed by atoms with Crippen molar-refractivity contribution in [2.45, 2.75) is 12.8 Å². The zero-order valence-corrected chi connectivity index (χ0v) is 22.0. The molecule has 0 saturated heterocycles. The van der Waals surface area contributed by atoms with Crippen LogP contribution >= 0.6 is 34.5 Å². The normalized spacial score (nSPS) is 10.6. The van der Waals surface area contributed by atoms with Gasteiger partial charge in [-0.2, -0.15) is 0 Å². The number of amides is 3. The second kappa shape index (κ2) is 13.9. The predicted molar refractivity (Wildman–Crippen MR) is 142 cm³/mol. The van der Waals surface area contributed by atoms with Crippen molar-refractivity contribution >= 4 is 57.4 Å². The highest BCUT2D eigenvalue weighted by Gasteiger charge is 2.22. The number of hydrogen-bond acceptors (Lipinski definition) is 6. The van der Waals surface area contributed by atoms with Gasteiger partial charge in [0, 0.05) is 30.6 Å². The monoisotopic (exact) mass is 548 g/mol. The van der Waals surface area contributed by atoms with Gasteiger partial charge in [0.1, 0.15) is 6.54 Å². The molecule has 190 valence electrons. The first kappa shape index (κ1) is 27.6. The minimum absolute atomic E-state index is 0.106. The quantitative estimate of drug-likeness (QED) is 0.355. The van der Waals surface area contributed by atoms with Gasteiger partial charge in [-0.3, -0.25) is 14.4 Å². The Morgan fingerprint density at radius 1 is 1.08 bits per heavy atom. The molecule has 0 aliphatic rings. The number of anilines is 1. The van der Waals surface area contributed by atoms with Gasteiger partial charge in [0.2, 0.25) is 11.8 Å². The van der Waals surface area contributed by atoms with Crippen molar-refractivity contribution in [2.24, 2.45) is 0 Å². The number of halogens is 2. The van der Waals surface area contributed by atoms with E-state index in [-0.39, 0.29) is 42.6 Å². The summed E-state index contributed by atoms with van der Waals surface area (Å²) in [5, 5.41) is 8.22. The first-order valence-corrected chi connectivity index (χ1v) is 12.8. The summed E-state index contributed by atoms with van der Waals surface area (Å²) in [5.41, 5.74) is 1.93. The Morgan fingerprint density at radius 2 is 1.86 bits per heavy atom. The van der Waals surface area contributed by atoms with Crippen LogP contribution in [-0.2, 0) is 27.2 Å². The smallest absolute Gasteiger partial charge is 0.255 e. The Labute approximate surface area is 223 Å². The average Bonchev–Trinajstić information content (AvgIpc) is 3.28. The highest BCUT2D eigenvalue weighted by Crippen LogP contribution is 2.22. The minimum atomic E-state index is -0.433. The molecular weight excluding hydrogens is 523 g/mol. The summed E-state index contributed by atoms with van der Waals surface area (Å²) in [5.74, 6) is -1.00. The Bertz CT molecular complexity index is 1190. The second-order valence-electron chi connectivity index (χ2n) is 7.80. The molecule has 3 amide bonds. The van der Waals surface area contributed by atoms with E-state index in [4.69, 9.17) is 27.9 Å². The van der Waals surface area contributed by atoms with Crippen LogP contribution in [-0.4, -0.2) is 61.0 Å². The summed E-state index contributed by atoms with van der Waals surface area (Å²) in [6.45, 7) is 0.731. The van der Waals surface area contributed by atoms with Crippen LogP contribution < -0.4 is 10.6 Å². The van der Waals surface area contributed by atoms with Gasteiger partial charge < -0.3 is 20.3 Å². The lowest BCUT2D eigenvalue weighted by atomic mass is 10.1. The molecule has 36 heavy (non-hydrogen) atoms. The van der Waals surface area contributed by atoms with Gasteiger partial charge >= 0.3 is 0 Å². The maximum absolute atomic E-state index is 13.0. The van der Waals surface area contributed by atoms with Crippen molar-refractivity contribution in [3.05, 3.63) is 80.8 Å². The first-order valence-electron chi connectivity index (χ1n) is 11.1. The average molecular weight is 549 g/mol. The fraction of sp³-hybridized carbons (Fsp3) is 0.280. The van der Waals surface area contributed by atoms with Crippen molar-refractivity contribution in [3.8, 4) is 0 Å². The van der Waals surface area contributed by atoms with E-state index in [0.717, 1.165) is 12.0 Å². The summed E-state index contributed by atoms with van der Waals surface area (Å²) in [6, 6.07) is 14.4. The van der Waals surface area contributed by atoms with E-state index < -0.39 is 11.8 Å². The van der Waals surface area contributed by atoms with Crippen molar-refractivity contribution < 1.29 is 19.1 Å². The summed E-state index contributed by atoms with van der Waals surface area (Å²) >= 11 is 13.3. The third-order valence-corrected chi connectivity index (χ3v) is 6.42. The van der Waals surface area contributed by atoms with Crippen molar-refractivity contribution in [3.63, 3.8) is 0 Å². The van der Waals surface area contributed by atoms with Crippen molar-refractivity contribution in [1.29, 1.82) is 0 Å². The molecule has 1 aromatic heterocycles. The molecule has 0 aliphatic carbocycles. The number of hydrogen-bond donors (Lipinski definition) is 2. The van der Waals surface area contributed by atoms with Crippen LogP contribution in [0.2, 0.25) is 10.0 Å². The maximum atomic E-state index is 13.0. The van der Waals surface area contributed by atoms with Crippen LogP contribution in [0.3, 0.4) is 0 Å². The number of rotatable bonds is 12. The molecular formula is C25H26Cl2N4O4S. The van der Waals surface area contributed by atoms with E-state index in [2.05, 4.69) is 15.6 Å². The molecule has 0 aliphatic heterocycles. The molecule has 0 saturated carbocycles. The van der Waals surface area contributed by atoms with Gasteiger partial charge in [-0.15, -0.1) is 11.3 Å². The van der Waals surface area contributed by atoms with Crippen LogP contribution in [0.15, 0.2) is 53.9 Å². The highest BCUT2D eigenvalue weighted by molar-refractivity contribution is 7.13. The number of ether oxygens (including phenoxy) is 1. The number of methoxy groups -OCH3 is 1. The summed E-state index contributed by atoms with van der Waals surface area (Å²) < 4.78 is 5.07. The number of carbonyl (C=O) groups is 3. The van der Waals surface area contributed by atoms with Crippen LogP contribution in [0.1, 0.15) is 21.6 Å². The Hall–Kier alpha value is -2.98. The van der Waals surface area contributed by atoms with E-state index in [9.17, 15) is 14.4 Å². The lowest BCUT2D eigenvalue weighted by Gasteiger charge is -2.22. The third-order valence-electron chi connectivity index (χ3n) is 5.07. The number of nitrogens with zero attached hydrogens (tertiary/aromatic N) is 2. The molecule has 0 spiro atoms. The summed E-state index contributed by atoms with van der Waals surface area (Å²) in [7, 11) is 1.51. The molecule has 0 unspecified atom stereocenters. The van der Waals surface area contributed by atoms with Crippen LogP contribution in [0, 0.1) is 0 Å². The van der Waals surface area contributed by atoms with Gasteiger partial charge in [-0.25, -0.2) is 4.98 Å². The van der Waals surface area contributed by atoms with Crippen molar-refractivity contribution in [1.82, 2.24) is 15.2 Å². The molecule has 8 nitrogen and oxygen atoms in total. The van der Waals surface area contributed by atoms with Crippen LogP contribution in [0.5, 0.6) is 0 Å². The van der Waals surface area contributed by atoms with Gasteiger partial charge in [0.05, 0.1) is 29.3 Å². The van der Waals surface area contributed by atoms with Gasteiger partial charge in [0.15, 0.2) is 5.13 Å². The second-order valence-corrected chi connectivity index (χ2v) is 9.50. The third kappa shape index (κ3) is 8.60. The molecule has 11 heteroatoms. The first-order chi connectivity index (χ1) is 17.4. The zero-order chi connectivity index (χ0) is 25.9. The van der Waals surface area contributed by atoms with E-state index >= 15 is 0 Å². The SMILES string of the molecule is COCCN(CC(=O)Nc1nc(CC(=O)NCCc2ccccc2)cs1)C(=O)c1ccc(Cl)cc1Cl. The molecule has 1 heterocycles. The molecule has 2 aromatic carbocycles. The van der Waals surface area contributed by atoms with E-state index in [1.54, 1.807) is 11.4 Å².